The number of oxazole rings is 1. The van der Waals surface area contributed by atoms with Crippen molar-refractivity contribution in [3.8, 4) is 0 Å². The summed E-state index contributed by atoms with van der Waals surface area (Å²) in [5.41, 5.74) is 1.59. The van der Waals surface area contributed by atoms with Gasteiger partial charge in [-0.25, -0.2) is 22.5 Å². The van der Waals surface area contributed by atoms with E-state index in [1.807, 2.05) is 12.1 Å². The van der Waals surface area contributed by atoms with Gasteiger partial charge in [0.2, 0.25) is 15.9 Å². The van der Waals surface area contributed by atoms with Crippen LogP contribution in [0.4, 0.5) is 4.39 Å². The summed E-state index contributed by atoms with van der Waals surface area (Å²) < 4.78 is 45.4. The molecule has 0 radical (unpaired) electrons. The molecule has 0 saturated heterocycles. The Morgan fingerprint density at radius 1 is 1.23 bits per heavy atom. The van der Waals surface area contributed by atoms with Gasteiger partial charge < -0.3 is 4.42 Å². The Kier molecular flexibility index (Phi) is 3.67. The second-order valence-electron chi connectivity index (χ2n) is 4.81. The second-order valence-corrected chi connectivity index (χ2v) is 6.55. The molecule has 3 rings (SSSR count). The monoisotopic (exact) mass is 320 g/mol. The first kappa shape index (κ1) is 14.7. The van der Waals surface area contributed by atoms with Gasteiger partial charge in [-0.1, -0.05) is 12.1 Å². The summed E-state index contributed by atoms with van der Waals surface area (Å²) in [6.07, 6.45) is 0. The summed E-state index contributed by atoms with van der Waals surface area (Å²) in [4.78, 5) is 4.22. The smallest absolute Gasteiger partial charge is 0.241 e. The molecule has 0 spiro atoms. The number of rotatable bonds is 4. The van der Waals surface area contributed by atoms with Crippen LogP contribution in [0.25, 0.3) is 11.1 Å². The second kappa shape index (κ2) is 5.51. The molecule has 0 bridgehead atoms. The zero-order valence-electron chi connectivity index (χ0n) is 11.7. The van der Waals surface area contributed by atoms with Crippen molar-refractivity contribution in [3.63, 3.8) is 0 Å². The topological polar surface area (TPSA) is 72.2 Å². The van der Waals surface area contributed by atoms with Gasteiger partial charge in [0.25, 0.3) is 0 Å². The van der Waals surface area contributed by atoms with Crippen LogP contribution in [-0.4, -0.2) is 13.4 Å². The molecule has 3 aromatic rings. The quantitative estimate of drug-likeness (QED) is 0.802. The molecule has 0 unspecified atom stereocenters. The fourth-order valence-electron chi connectivity index (χ4n) is 2.14. The number of benzene rings is 2. The molecule has 0 aliphatic carbocycles. The van der Waals surface area contributed by atoms with Crippen LogP contribution in [0.15, 0.2) is 51.8 Å². The van der Waals surface area contributed by atoms with E-state index in [0.29, 0.717) is 16.7 Å². The Labute approximate surface area is 126 Å². The summed E-state index contributed by atoms with van der Waals surface area (Å²) in [5.74, 6) is -0.208. The minimum atomic E-state index is -3.76. The Morgan fingerprint density at radius 2 is 2.00 bits per heavy atom. The number of fused-ring (bicyclic) bond motifs is 1. The number of halogens is 1. The third-order valence-electron chi connectivity index (χ3n) is 3.18. The summed E-state index contributed by atoms with van der Waals surface area (Å²) in [6, 6.07) is 10.7. The lowest BCUT2D eigenvalue weighted by atomic mass is 10.2. The molecule has 5 nitrogen and oxygen atoms in total. The van der Waals surface area contributed by atoms with E-state index in [2.05, 4.69) is 9.71 Å². The number of hydrogen-bond acceptors (Lipinski definition) is 4. The zero-order valence-corrected chi connectivity index (χ0v) is 12.5. The molecular formula is C15H13FN2O3S. The Hall–Kier alpha value is -2.25. The van der Waals surface area contributed by atoms with Crippen LogP contribution < -0.4 is 4.72 Å². The van der Waals surface area contributed by atoms with Crippen LogP contribution in [0, 0.1) is 12.7 Å². The lowest BCUT2D eigenvalue weighted by Crippen LogP contribution is -2.24. The molecule has 0 atom stereocenters. The lowest BCUT2D eigenvalue weighted by Gasteiger charge is -2.07. The van der Waals surface area contributed by atoms with Crippen molar-refractivity contribution in [2.45, 2.75) is 18.4 Å². The fraction of sp³-hybridized carbons (Fsp3) is 0.133. The first-order valence-electron chi connectivity index (χ1n) is 6.56. The van der Waals surface area contributed by atoms with E-state index in [4.69, 9.17) is 4.42 Å². The van der Waals surface area contributed by atoms with Gasteiger partial charge >= 0.3 is 0 Å². The largest absolute Gasteiger partial charge is 0.439 e. The molecule has 114 valence electrons. The van der Waals surface area contributed by atoms with E-state index >= 15 is 0 Å². The van der Waals surface area contributed by atoms with Gasteiger partial charge in [0, 0.05) is 0 Å². The van der Waals surface area contributed by atoms with E-state index in [-0.39, 0.29) is 17.3 Å². The average molecular weight is 320 g/mol. The summed E-state index contributed by atoms with van der Waals surface area (Å²) in [5, 5.41) is 0. The third kappa shape index (κ3) is 2.86. The molecule has 22 heavy (non-hydrogen) atoms. The summed E-state index contributed by atoms with van der Waals surface area (Å²) >= 11 is 0. The Morgan fingerprint density at radius 3 is 2.73 bits per heavy atom. The maximum atomic E-state index is 13.1. The maximum absolute atomic E-state index is 13.1. The van der Waals surface area contributed by atoms with E-state index in [1.54, 1.807) is 12.1 Å². The number of hydrogen-bond donors (Lipinski definition) is 1. The number of nitrogens with one attached hydrogen (secondary N) is 1. The van der Waals surface area contributed by atoms with Crippen molar-refractivity contribution in [1.29, 1.82) is 0 Å². The predicted octanol–water partition coefficient (Wildman–Crippen LogP) is 2.75. The van der Waals surface area contributed by atoms with E-state index in [0.717, 1.165) is 6.07 Å². The number of aromatic nitrogens is 1. The van der Waals surface area contributed by atoms with E-state index in [9.17, 15) is 12.8 Å². The first-order valence-corrected chi connectivity index (χ1v) is 8.04. The fourth-order valence-corrected chi connectivity index (χ4v) is 3.34. The average Bonchev–Trinajstić information content (AvgIpc) is 2.87. The molecule has 7 heteroatoms. The van der Waals surface area contributed by atoms with Crippen molar-refractivity contribution >= 4 is 21.1 Å². The Balaban J connectivity index is 1.82. The van der Waals surface area contributed by atoms with Crippen LogP contribution in [0.2, 0.25) is 0 Å². The minimum Gasteiger partial charge on any atom is -0.439 e. The van der Waals surface area contributed by atoms with Crippen LogP contribution >= 0.6 is 0 Å². The molecule has 0 aliphatic rings. The Bertz CT molecular complexity index is 902. The highest BCUT2D eigenvalue weighted by atomic mass is 32.2. The van der Waals surface area contributed by atoms with Gasteiger partial charge in [-0.3, -0.25) is 0 Å². The highest BCUT2D eigenvalue weighted by Crippen LogP contribution is 2.18. The van der Waals surface area contributed by atoms with Gasteiger partial charge in [0.15, 0.2) is 5.58 Å². The van der Waals surface area contributed by atoms with Gasteiger partial charge in [0.1, 0.15) is 11.3 Å². The van der Waals surface area contributed by atoms with Crippen molar-refractivity contribution in [3.05, 3.63) is 59.7 Å². The molecule has 0 saturated carbocycles. The molecule has 1 aromatic heterocycles. The molecule has 2 aromatic carbocycles. The first-order chi connectivity index (χ1) is 10.5. The highest BCUT2D eigenvalue weighted by Gasteiger charge is 2.18. The zero-order chi connectivity index (χ0) is 15.7. The van der Waals surface area contributed by atoms with Crippen molar-refractivity contribution in [2.75, 3.05) is 0 Å². The van der Waals surface area contributed by atoms with Crippen molar-refractivity contribution in [2.24, 2.45) is 0 Å². The van der Waals surface area contributed by atoms with Crippen LogP contribution in [-0.2, 0) is 16.6 Å². The van der Waals surface area contributed by atoms with Crippen molar-refractivity contribution in [1.82, 2.24) is 9.71 Å². The lowest BCUT2D eigenvalue weighted by molar-refractivity contribution is 0.513. The third-order valence-corrected chi connectivity index (χ3v) is 4.74. The molecule has 1 N–H and O–H groups in total. The van der Waals surface area contributed by atoms with Gasteiger partial charge in [-0.05, 0) is 42.8 Å². The molecule has 1 heterocycles. The highest BCUT2D eigenvalue weighted by molar-refractivity contribution is 7.89. The molecule has 0 fully saturated rings. The predicted molar refractivity (Wildman–Crippen MR) is 79.2 cm³/mol. The number of sulfonamides is 1. The van der Waals surface area contributed by atoms with Gasteiger partial charge in [-0.15, -0.1) is 0 Å². The SMILES string of the molecule is Cc1cc(F)ccc1S(=O)(=O)NCc1nc2ccccc2o1. The standard InChI is InChI=1S/C15H13FN2O3S/c1-10-8-11(16)6-7-14(10)22(19,20)17-9-15-18-12-4-2-3-5-13(12)21-15/h2-8,17H,9H2,1H3. The van der Waals surface area contributed by atoms with Crippen molar-refractivity contribution < 1.29 is 17.2 Å². The summed E-state index contributed by atoms with van der Waals surface area (Å²) in [6.45, 7) is 1.46. The summed E-state index contributed by atoms with van der Waals surface area (Å²) in [7, 11) is -3.76. The van der Waals surface area contributed by atoms with Crippen LogP contribution in [0.1, 0.15) is 11.5 Å². The van der Waals surface area contributed by atoms with Crippen LogP contribution in [0.3, 0.4) is 0 Å². The van der Waals surface area contributed by atoms with E-state index < -0.39 is 15.8 Å². The number of aryl methyl sites for hydroxylation is 1. The van der Waals surface area contributed by atoms with Crippen LogP contribution in [0.5, 0.6) is 0 Å². The normalized spacial score (nSPS) is 11.9. The van der Waals surface area contributed by atoms with E-state index in [1.165, 1.54) is 19.1 Å². The molecule has 0 amide bonds. The minimum absolute atomic E-state index is 0.0324. The number of nitrogens with zero attached hydrogens (tertiary/aromatic N) is 1. The maximum Gasteiger partial charge on any atom is 0.241 e. The molecule has 0 aliphatic heterocycles. The molecular weight excluding hydrogens is 307 g/mol. The number of para-hydroxylation sites is 2. The van der Waals surface area contributed by atoms with Gasteiger partial charge in [-0.2, -0.15) is 0 Å². The van der Waals surface area contributed by atoms with Gasteiger partial charge in [0.05, 0.1) is 11.4 Å².